The highest BCUT2D eigenvalue weighted by molar-refractivity contribution is 5.72. The monoisotopic (exact) mass is 256 g/mol. The van der Waals surface area contributed by atoms with Crippen LogP contribution in [0.25, 0.3) is 0 Å². The first-order valence-corrected chi connectivity index (χ1v) is 6.69. The average Bonchev–Trinajstić information content (AvgIpc) is 2.36. The van der Waals surface area contributed by atoms with Crippen LogP contribution in [-0.2, 0) is 14.3 Å². The lowest BCUT2D eigenvalue weighted by Gasteiger charge is -2.34. The third kappa shape index (κ3) is 4.78. The molecule has 104 valence electrons. The van der Waals surface area contributed by atoms with Crippen molar-refractivity contribution in [3.8, 4) is 0 Å². The first kappa shape index (κ1) is 15.2. The maximum Gasteiger partial charge on any atom is 0.308 e. The molecular formula is C14H24O4. The molecular weight excluding hydrogens is 232 g/mol. The van der Waals surface area contributed by atoms with Crippen LogP contribution in [0.3, 0.4) is 0 Å². The van der Waals surface area contributed by atoms with Gasteiger partial charge in [-0.25, -0.2) is 0 Å². The molecule has 1 saturated carbocycles. The Morgan fingerprint density at radius 3 is 2.67 bits per heavy atom. The lowest BCUT2D eigenvalue weighted by Crippen LogP contribution is -2.40. The molecule has 0 amide bonds. The van der Waals surface area contributed by atoms with E-state index in [2.05, 4.69) is 0 Å². The molecule has 1 rings (SSSR count). The third-order valence-corrected chi connectivity index (χ3v) is 3.36. The highest BCUT2D eigenvalue weighted by Gasteiger charge is 2.36. The second kappa shape index (κ2) is 7.54. The van der Waals surface area contributed by atoms with Gasteiger partial charge in [0.2, 0.25) is 0 Å². The Morgan fingerprint density at radius 1 is 1.44 bits per heavy atom. The lowest BCUT2D eigenvalue weighted by atomic mass is 9.79. The number of aliphatic hydroxyl groups is 1. The molecule has 1 N–H and O–H groups in total. The predicted octanol–water partition coefficient (Wildman–Crippen LogP) is 2.06. The molecule has 0 heterocycles. The number of ether oxygens (including phenoxy) is 2. The highest BCUT2D eigenvalue weighted by Crippen LogP contribution is 2.33. The number of hydrogen-bond donors (Lipinski definition) is 1. The van der Waals surface area contributed by atoms with Gasteiger partial charge in [0, 0.05) is 0 Å². The van der Waals surface area contributed by atoms with Crippen LogP contribution in [0.2, 0.25) is 0 Å². The summed E-state index contributed by atoms with van der Waals surface area (Å²) in [5.41, 5.74) is -0.773. The second-order valence-electron chi connectivity index (χ2n) is 4.83. The van der Waals surface area contributed by atoms with Gasteiger partial charge in [-0.05, 0) is 39.5 Å². The lowest BCUT2D eigenvalue weighted by molar-refractivity contribution is -0.152. The van der Waals surface area contributed by atoms with Crippen LogP contribution in [-0.4, -0.2) is 36.5 Å². The smallest absolute Gasteiger partial charge is 0.308 e. The van der Waals surface area contributed by atoms with Gasteiger partial charge in [0.25, 0.3) is 0 Å². The summed E-state index contributed by atoms with van der Waals surface area (Å²) < 4.78 is 10.4. The fourth-order valence-electron chi connectivity index (χ4n) is 2.21. The van der Waals surface area contributed by atoms with Gasteiger partial charge in [-0.1, -0.05) is 12.2 Å². The minimum absolute atomic E-state index is 0.0548. The summed E-state index contributed by atoms with van der Waals surface area (Å²) in [5.74, 6) is -0.185. The summed E-state index contributed by atoms with van der Waals surface area (Å²) in [6.45, 7) is 5.04. The van der Waals surface area contributed by atoms with Gasteiger partial charge in [0.15, 0.2) is 0 Å². The molecule has 18 heavy (non-hydrogen) atoms. The summed E-state index contributed by atoms with van der Waals surface area (Å²) >= 11 is 0. The van der Waals surface area contributed by atoms with Gasteiger partial charge in [0.05, 0.1) is 31.3 Å². The van der Waals surface area contributed by atoms with Crippen LogP contribution in [0.15, 0.2) is 12.2 Å². The van der Waals surface area contributed by atoms with Crippen molar-refractivity contribution < 1.29 is 19.4 Å². The van der Waals surface area contributed by atoms with Crippen molar-refractivity contribution in [3.63, 3.8) is 0 Å². The van der Waals surface area contributed by atoms with E-state index in [-0.39, 0.29) is 11.9 Å². The number of esters is 1. The van der Waals surface area contributed by atoms with Crippen molar-refractivity contribution in [2.75, 3.05) is 19.8 Å². The summed E-state index contributed by atoms with van der Waals surface area (Å²) in [7, 11) is 0. The Morgan fingerprint density at radius 2 is 2.11 bits per heavy atom. The van der Waals surface area contributed by atoms with E-state index < -0.39 is 5.60 Å². The zero-order valence-corrected chi connectivity index (χ0v) is 11.4. The summed E-state index contributed by atoms with van der Waals surface area (Å²) in [6.07, 6.45) is 6.40. The number of hydrogen-bond acceptors (Lipinski definition) is 4. The van der Waals surface area contributed by atoms with E-state index in [4.69, 9.17) is 9.47 Å². The normalized spacial score (nSPS) is 28.5. The minimum Gasteiger partial charge on any atom is -0.466 e. The minimum atomic E-state index is -0.773. The quantitative estimate of drug-likeness (QED) is 0.449. The zero-order valence-electron chi connectivity index (χ0n) is 11.4. The molecule has 0 saturated heterocycles. The van der Waals surface area contributed by atoms with E-state index in [1.54, 1.807) is 0 Å². The molecule has 0 radical (unpaired) electrons. The topological polar surface area (TPSA) is 55.8 Å². The van der Waals surface area contributed by atoms with Crippen LogP contribution in [0.1, 0.15) is 39.5 Å². The molecule has 1 fully saturated rings. The van der Waals surface area contributed by atoms with Crippen molar-refractivity contribution in [2.24, 2.45) is 5.92 Å². The molecule has 4 nitrogen and oxygen atoms in total. The summed E-state index contributed by atoms with van der Waals surface area (Å²) in [6, 6.07) is 0. The second-order valence-corrected chi connectivity index (χ2v) is 4.83. The Balaban J connectivity index is 2.30. The van der Waals surface area contributed by atoms with Crippen molar-refractivity contribution in [1.82, 2.24) is 0 Å². The largest absolute Gasteiger partial charge is 0.466 e. The average molecular weight is 256 g/mol. The van der Waals surface area contributed by atoms with Gasteiger partial charge in [0.1, 0.15) is 0 Å². The summed E-state index contributed by atoms with van der Waals surface area (Å²) in [4.78, 5) is 11.6. The van der Waals surface area contributed by atoms with Gasteiger partial charge >= 0.3 is 5.97 Å². The number of rotatable bonds is 6. The molecule has 0 unspecified atom stereocenters. The van der Waals surface area contributed by atoms with Crippen LogP contribution < -0.4 is 0 Å². The fourth-order valence-corrected chi connectivity index (χ4v) is 2.21. The van der Waals surface area contributed by atoms with Crippen LogP contribution in [0.4, 0.5) is 0 Å². The molecule has 0 atom stereocenters. The Hall–Kier alpha value is -0.870. The molecule has 0 aromatic heterocycles. The van der Waals surface area contributed by atoms with E-state index in [0.717, 1.165) is 0 Å². The molecule has 0 aromatic rings. The molecule has 1 aliphatic rings. The van der Waals surface area contributed by atoms with Crippen LogP contribution >= 0.6 is 0 Å². The van der Waals surface area contributed by atoms with E-state index in [0.29, 0.717) is 45.5 Å². The van der Waals surface area contributed by atoms with Crippen molar-refractivity contribution in [2.45, 2.75) is 45.1 Å². The SMILES string of the molecule is C/C=C/COCC1(O)CCC(C(=O)OCC)CC1. The first-order chi connectivity index (χ1) is 8.61. The van der Waals surface area contributed by atoms with Crippen LogP contribution in [0.5, 0.6) is 0 Å². The first-order valence-electron chi connectivity index (χ1n) is 6.69. The maximum absolute atomic E-state index is 11.6. The molecule has 4 heteroatoms. The fraction of sp³-hybridized carbons (Fsp3) is 0.786. The van der Waals surface area contributed by atoms with Gasteiger partial charge in [-0.15, -0.1) is 0 Å². The maximum atomic E-state index is 11.6. The van der Waals surface area contributed by atoms with Crippen molar-refractivity contribution >= 4 is 5.97 Å². The number of allylic oxidation sites excluding steroid dienone is 1. The molecule has 0 spiro atoms. The zero-order chi connectivity index (χ0) is 13.4. The predicted molar refractivity (Wildman–Crippen MR) is 69.2 cm³/mol. The standard InChI is InChI=1S/C14H24O4/c1-3-5-10-17-11-14(16)8-6-12(7-9-14)13(15)18-4-2/h3,5,12,16H,4,6-11H2,1-2H3/b5-3+. The number of carbonyl (C=O) groups is 1. The van der Waals surface area contributed by atoms with Crippen molar-refractivity contribution in [3.05, 3.63) is 12.2 Å². The Kier molecular flexibility index (Phi) is 6.36. The molecule has 1 aliphatic carbocycles. The van der Waals surface area contributed by atoms with Crippen molar-refractivity contribution in [1.29, 1.82) is 0 Å². The molecule has 0 bridgehead atoms. The van der Waals surface area contributed by atoms with Gasteiger partial charge < -0.3 is 14.6 Å². The highest BCUT2D eigenvalue weighted by atomic mass is 16.5. The van der Waals surface area contributed by atoms with Gasteiger partial charge in [-0.2, -0.15) is 0 Å². The summed E-state index contributed by atoms with van der Waals surface area (Å²) in [5, 5.41) is 10.3. The van der Waals surface area contributed by atoms with Crippen LogP contribution in [0, 0.1) is 5.92 Å². The van der Waals surface area contributed by atoms with E-state index in [9.17, 15) is 9.90 Å². The van der Waals surface area contributed by atoms with E-state index in [1.807, 2.05) is 26.0 Å². The Bertz CT molecular complexity index is 278. The number of carbonyl (C=O) groups excluding carboxylic acids is 1. The van der Waals surface area contributed by atoms with E-state index >= 15 is 0 Å². The third-order valence-electron chi connectivity index (χ3n) is 3.36. The Labute approximate surface area is 109 Å². The molecule has 0 aliphatic heterocycles. The molecule has 0 aromatic carbocycles. The van der Waals surface area contributed by atoms with E-state index in [1.165, 1.54) is 0 Å². The van der Waals surface area contributed by atoms with Gasteiger partial charge in [-0.3, -0.25) is 4.79 Å².